The third-order valence-corrected chi connectivity index (χ3v) is 2.83. The molecule has 0 saturated heterocycles. The Morgan fingerprint density at radius 3 is 2.82 bits per heavy atom. The molecule has 0 atom stereocenters. The van der Waals surface area contributed by atoms with Crippen molar-refractivity contribution in [3.63, 3.8) is 0 Å². The first-order chi connectivity index (χ1) is 8.30. The molecular weight excluding hydrogens is 220 g/mol. The van der Waals surface area contributed by atoms with Gasteiger partial charge in [-0.05, 0) is 26.2 Å². The molecule has 0 amide bonds. The Labute approximate surface area is 103 Å². The van der Waals surface area contributed by atoms with Gasteiger partial charge >= 0.3 is 0 Å². The van der Waals surface area contributed by atoms with Gasteiger partial charge < -0.3 is 14.8 Å². The molecule has 6 heteroatoms. The van der Waals surface area contributed by atoms with Gasteiger partial charge in [-0.3, -0.25) is 10.4 Å². The van der Waals surface area contributed by atoms with Gasteiger partial charge in [0.25, 0.3) is 0 Å². The van der Waals surface area contributed by atoms with Crippen LogP contribution in [0.2, 0.25) is 0 Å². The topological polar surface area (TPSA) is 80.9 Å². The van der Waals surface area contributed by atoms with Gasteiger partial charge in [-0.15, -0.1) is 0 Å². The van der Waals surface area contributed by atoms with Crippen LogP contribution >= 0.6 is 0 Å². The number of hydrogen-bond acceptors (Lipinski definition) is 4. The second-order valence-electron chi connectivity index (χ2n) is 4.10. The van der Waals surface area contributed by atoms with Crippen LogP contribution in [0.4, 0.5) is 0 Å². The number of hydrogen-bond donors (Lipinski definition) is 3. The van der Waals surface area contributed by atoms with E-state index in [1.54, 1.807) is 7.11 Å². The van der Waals surface area contributed by atoms with E-state index >= 15 is 0 Å². The first kappa shape index (κ1) is 14.2. The van der Waals surface area contributed by atoms with Gasteiger partial charge in [-0.2, -0.15) is 0 Å². The van der Waals surface area contributed by atoms with Crippen molar-refractivity contribution in [1.29, 1.82) is 0 Å². The summed E-state index contributed by atoms with van der Waals surface area (Å²) in [5, 5.41) is 3.25. The molecule has 17 heavy (non-hydrogen) atoms. The van der Waals surface area contributed by atoms with Crippen molar-refractivity contribution >= 4 is 5.96 Å². The minimum Gasteiger partial charge on any atom is -0.382 e. The summed E-state index contributed by atoms with van der Waals surface area (Å²) in [4.78, 5) is 4.34. The van der Waals surface area contributed by atoms with Crippen LogP contribution in [-0.4, -0.2) is 45.0 Å². The van der Waals surface area contributed by atoms with Crippen molar-refractivity contribution in [3.05, 3.63) is 0 Å². The SMILES string of the molecule is CCOCCCN=C(NN)NC1CC(OC)C1. The normalized spacial score (nSPS) is 24.3. The van der Waals surface area contributed by atoms with Crippen molar-refractivity contribution in [3.8, 4) is 0 Å². The van der Waals surface area contributed by atoms with E-state index in [2.05, 4.69) is 15.7 Å². The van der Waals surface area contributed by atoms with Crippen LogP contribution in [0.15, 0.2) is 4.99 Å². The van der Waals surface area contributed by atoms with Gasteiger partial charge in [-0.1, -0.05) is 0 Å². The largest absolute Gasteiger partial charge is 0.382 e. The third-order valence-electron chi connectivity index (χ3n) is 2.83. The molecule has 0 aromatic carbocycles. The second-order valence-corrected chi connectivity index (χ2v) is 4.10. The zero-order chi connectivity index (χ0) is 12.5. The van der Waals surface area contributed by atoms with E-state index in [1.807, 2.05) is 6.92 Å². The number of methoxy groups -OCH3 is 1. The molecule has 1 saturated carbocycles. The lowest BCUT2D eigenvalue weighted by Gasteiger charge is -2.35. The number of guanidine groups is 1. The van der Waals surface area contributed by atoms with Gasteiger partial charge in [0, 0.05) is 32.9 Å². The zero-order valence-corrected chi connectivity index (χ0v) is 10.7. The lowest BCUT2D eigenvalue weighted by atomic mass is 9.89. The summed E-state index contributed by atoms with van der Waals surface area (Å²) in [6.45, 7) is 4.20. The fourth-order valence-corrected chi connectivity index (χ4v) is 1.70. The molecule has 0 unspecified atom stereocenters. The maximum atomic E-state index is 5.40. The van der Waals surface area contributed by atoms with Crippen LogP contribution in [0.25, 0.3) is 0 Å². The second kappa shape index (κ2) is 8.27. The summed E-state index contributed by atoms with van der Waals surface area (Å²) >= 11 is 0. The first-order valence-electron chi connectivity index (χ1n) is 6.18. The molecule has 0 aromatic heterocycles. The lowest BCUT2D eigenvalue weighted by Crippen LogP contribution is -2.53. The zero-order valence-electron chi connectivity index (χ0n) is 10.7. The molecule has 100 valence electrons. The number of nitrogens with one attached hydrogen (secondary N) is 2. The molecule has 4 N–H and O–H groups in total. The van der Waals surface area contributed by atoms with Gasteiger partial charge in [0.15, 0.2) is 0 Å². The smallest absolute Gasteiger partial charge is 0.205 e. The third kappa shape index (κ3) is 5.34. The molecule has 0 heterocycles. The van der Waals surface area contributed by atoms with Crippen molar-refractivity contribution in [2.24, 2.45) is 10.8 Å². The molecule has 0 radical (unpaired) electrons. The van der Waals surface area contributed by atoms with E-state index in [4.69, 9.17) is 15.3 Å². The maximum absolute atomic E-state index is 5.40. The number of ether oxygens (including phenoxy) is 2. The van der Waals surface area contributed by atoms with Gasteiger partial charge in [-0.25, -0.2) is 5.84 Å². The quantitative estimate of drug-likeness (QED) is 0.193. The minimum atomic E-state index is 0.379. The molecule has 1 aliphatic carbocycles. The Bertz CT molecular complexity index is 230. The Morgan fingerprint density at radius 2 is 2.24 bits per heavy atom. The van der Waals surface area contributed by atoms with Gasteiger partial charge in [0.1, 0.15) is 0 Å². The summed E-state index contributed by atoms with van der Waals surface area (Å²) in [5.74, 6) is 6.06. The summed E-state index contributed by atoms with van der Waals surface area (Å²) < 4.78 is 10.4. The summed E-state index contributed by atoms with van der Waals surface area (Å²) in [5.41, 5.74) is 2.58. The summed E-state index contributed by atoms with van der Waals surface area (Å²) in [6, 6.07) is 0.418. The van der Waals surface area contributed by atoms with Crippen LogP contribution in [0, 0.1) is 0 Å². The fourth-order valence-electron chi connectivity index (χ4n) is 1.70. The summed E-state index contributed by atoms with van der Waals surface area (Å²) in [7, 11) is 1.74. The van der Waals surface area contributed by atoms with Gasteiger partial charge in [0.05, 0.1) is 6.10 Å². The number of hydrazine groups is 1. The number of aliphatic imine (C=N–C) groups is 1. The molecule has 0 spiro atoms. The van der Waals surface area contributed by atoms with Crippen LogP contribution in [0.5, 0.6) is 0 Å². The molecule has 0 bridgehead atoms. The molecule has 1 aliphatic rings. The highest BCUT2D eigenvalue weighted by Crippen LogP contribution is 2.22. The van der Waals surface area contributed by atoms with E-state index in [9.17, 15) is 0 Å². The molecule has 6 nitrogen and oxygen atoms in total. The fraction of sp³-hybridized carbons (Fsp3) is 0.909. The van der Waals surface area contributed by atoms with E-state index in [1.165, 1.54) is 0 Å². The molecule has 0 aromatic rings. The van der Waals surface area contributed by atoms with E-state index < -0.39 is 0 Å². The van der Waals surface area contributed by atoms with E-state index in [0.29, 0.717) is 24.7 Å². The average Bonchev–Trinajstić information content (AvgIpc) is 2.30. The van der Waals surface area contributed by atoms with Crippen LogP contribution in [0.3, 0.4) is 0 Å². The summed E-state index contributed by atoms with van der Waals surface area (Å²) in [6.07, 6.45) is 3.31. The molecule has 0 aliphatic heterocycles. The van der Waals surface area contributed by atoms with Crippen molar-refractivity contribution in [2.75, 3.05) is 26.9 Å². The Kier molecular flexibility index (Phi) is 6.91. The maximum Gasteiger partial charge on any atom is 0.205 e. The van der Waals surface area contributed by atoms with Crippen LogP contribution < -0.4 is 16.6 Å². The Balaban J connectivity index is 2.12. The highest BCUT2D eigenvalue weighted by atomic mass is 16.5. The highest BCUT2D eigenvalue weighted by molar-refractivity contribution is 5.79. The predicted molar refractivity (Wildman–Crippen MR) is 67.7 cm³/mol. The average molecular weight is 244 g/mol. The van der Waals surface area contributed by atoms with Gasteiger partial charge in [0.2, 0.25) is 5.96 Å². The Hall–Kier alpha value is -0.850. The van der Waals surface area contributed by atoms with Crippen molar-refractivity contribution in [2.45, 2.75) is 38.3 Å². The predicted octanol–water partition coefficient (Wildman–Crippen LogP) is -0.000700. The molecule has 1 fully saturated rings. The number of nitrogens with zero attached hydrogens (tertiary/aromatic N) is 1. The van der Waals surface area contributed by atoms with E-state index in [-0.39, 0.29) is 0 Å². The van der Waals surface area contributed by atoms with Crippen molar-refractivity contribution < 1.29 is 9.47 Å². The Morgan fingerprint density at radius 1 is 1.47 bits per heavy atom. The van der Waals surface area contributed by atoms with Crippen LogP contribution in [-0.2, 0) is 9.47 Å². The van der Waals surface area contributed by atoms with E-state index in [0.717, 1.165) is 32.5 Å². The number of nitrogens with two attached hydrogens (primary N) is 1. The van der Waals surface area contributed by atoms with Crippen molar-refractivity contribution in [1.82, 2.24) is 10.7 Å². The highest BCUT2D eigenvalue weighted by Gasteiger charge is 2.29. The minimum absolute atomic E-state index is 0.379. The molecule has 1 rings (SSSR count). The monoisotopic (exact) mass is 244 g/mol. The lowest BCUT2D eigenvalue weighted by molar-refractivity contribution is 0.0224. The standard InChI is InChI=1S/C11H24N4O2/c1-3-17-6-4-5-13-11(15-12)14-9-7-10(8-9)16-2/h9-10H,3-8,12H2,1-2H3,(H2,13,14,15). The number of rotatable bonds is 7. The molecular formula is C11H24N4O2. The van der Waals surface area contributed by atoms with Crippen LogP contribution in [0.1, 0.15) is 26.2 Å². The first-order valence-corrected chi connectivity index (χ1v) is 6.18.